The molecule has 8 nitrogen and oxygen atoms in total. The van der Waals surface area contributed by atoms with E-state index in [9.17, 15) is 14.4 Å². The van der Waals surface area contributed by atoms with Gasteiger partial charge in [-0.3, -0.25) is 0 Å². The molecule has 1 amide bonds. The Morgan fingerprint density at radius 3 is 2.16 bits per heavy atom. The molecular weight excluding hydrogens is 414 g/mol. The number of ether oxygens (including phenoxy) is 3. The number of nitrogens with one attached hydrogen (secondary N) is 1. The SMILES string of the molecule is COC(=O)c1ccc(COC(=O)C(Cc2ccccc2)NC(=O)OCc2ccccc2)o1. The highest BCUT2D eigenvalue weighted by molar-refractivity contribution is 5.86. The first-order valence-corrected chi connectivity index (χ1v) is 9.90. The number of carbonyl (C=O) groups excluding carboxylic acids is 3. The van der Waals surface area contributed by atoms with E-state index in [1.165, 1.54) is 19.2 Å². The molecule has 3 aromatic rings. The van der Waals surface area contributed by atoms with Gasteiger partial charge >= 0.3 is 18.0 Å². The number of esters is 2. The molecule has 3 rings (SSSR count). The van der Waals surface area contributed by atoms with Crippen molar-refractivity contribution in [1.29, 1.82) is 0 Å². The van der Waals surface area contributed by atoms with Gasteiger partial charge in [0.1, 0.15) is 25.0 Å². The minimum Gasteiger partial charge on any atom is -0.463 e. The van der Waals surface area contributed by atoms with Crippen molar-refractivity contribution in [2.45, 2.75) is 25.7 Å². The van der Waals surface area contributed by atoms with Crippen LogP contribution >= 0.6 is 0 Å². The van der Waals surface area contributed by atoms with Gasteiger partial charge in [-0.05, 0) is 23.3 Å². The quantitative estimate of drug-likeness (QED) is 0.402. The van der Waals surface area contributed by atoms with Gasteiger partial charge in [0.25, 0.3) is 0 Å². The van der Waals surface area contributed by atoms with Gasteiger partial charge < -0.3 is 23.9 Å². The van der Waals surface area contributed by atoms with Crippen LogP contribution in [0.25, 0.3) is 0 Å². The Balaban J connectivity index is 1.60. The third kappa shape index (κ3) is 6.73. The van der Waals surface area contributed by atoms with Crippen molar-refractivity contribution < 1.29 is 33.0 Å². The first-order chi connectivity index (χ1) is 15.5. The second kappa shape index (κ2) is 11.4. The summed E-state index contributed by atoms with van der Waals surface area (Å²) >= 11 is 0. The second-order valence-electron chi connectivity index (χ2n) is 6.81. The van der Waals surface area contributed by atoms with Gasteiger partial charge in [-0.15, -0.1) is 0 Å². The molecule has 0 aliphatic carbocycles. The van der Waals surface area contributed by atoms with E-state index in [1.54, 1.807) is 0 Å². The number of benzene rings is 2. The van der Waals surface area contributed by atoms with Crippen LogP contribution in [0.2, 0.25) is 0 Å². The number of hydrogen-bond donors (Lipinski definition) is 1. The highest BCUT2D eigenvalue weighted by atomic mass is 16.6. The maximum atomic E-state index is 12.7. The van der Waals surface area contributed by atoms with Gasteiger partial charge in [-0.25, -0.2) is 14.4 Å². The highest BCUT2D eigenvalue weighted by Crippen LogP contribution is 2.12. The van der Waals surface area contributed by atoms with Gasteiger partial charge in [-0.2, -0.15) is 0 Å². The van der Waals surface area contributed by atoms with Crippen molar-refractivity contribution in [2.24, 2.45) is 0 Å². The van der Waals surface area contributed by atoms with E-state index in [0.717, 1.165) is 11.1 Å². The molecule has 1 atom stereocenters. The molecule has 0 spiro atoms. The summed E-state index contributed by atoms with van der Waals surface area (Å²) in [6, 6.07) is 20.4. The first kappa shape index (κ1) is 22.6. The summed E-state index contributed by atoms with van der Waals surface area (Å²) in [7, 11) is 1.24. The molecule has 1 N–H and O–H groups in total. The molecule has 0 saturated heterocycles. The molecule has 1 aromatic heterocycles. The van der Waals surface area contributed by atoms with Crippen molar-refractivity contribution in [3.63, 3.8) is 0 Å². The van der Waals surface area contributed by atoms with Crippen molar-refractivity contribution in [2.75, 3.05) is 7.11 Å². The molecular formula is C24H23NO7. The lowest BCUT2D eigenvalue weighted by Crippen LogP contribution is -2.43. The van der Waals surface area contributed by atoms with Crippen LogP contribution in [0.1, 0.15) is 27.4 Å². The zero-order valence-corrected chi connectivity index (χ0v) is 17.5. The van der Waals surface area contributed by atoms with Crippen LogP contribution in [0, 0.1) is 0 Å². The fourth-order valence-electron chi connectivity index (χ4n) is 2.86. The Hall–Kier alpha value is -4.07. The molecule has 0 fully saturated rings. The fraction of sp³-hybridized carbons (Fsp3) is 0.208. The summed E-state index contributed by atoms with van der Waals surface area (Å²) < 4.78 is 20.4. The van der Waals surface area contributed by atoms with Crippen molar-refractivity contribution in [3.8, 4) is 0 Å². The number of methoxy groups -OCH3 is 1. The summed E-state index contributed by atoms with van der Waals surface area (Å²) in [5.74, 6) is -1.03. The third-order valence-corrected chi connectivity index (χ3v) is 4.48. The van der Waals surface area contributed by atoms with Gasteiger partial charge in [0.05, 0.1) is 7.11 Å². The molecule has 0 radical (unpaired) electrons. The lowest BCUT2D eigenvalue weighted by Gasteiger charge is -2.17. The fourth-order valence-corrected chi connectivity index (χ4v) is 2.86. The molecule has 32 heavy (non-hydrogen) atoms. The predicted octanol–water partition coefficient (Wildman–Crippen LogP) is 3.65. The Morgan fingerprint density at radius 2 is 1.50 bits per heavy atom. The second-order valence-corrected chi connectivity index (χ2v) is 6.81. The van der Waals surface area contributed by atoms with Crippen molar-refractivity contribution in [3.05, 3.63) is 95.4 Å². The van der Waals surface area contributed by atoms with E-state index in [2.05, 4.69) is 10.1 Å². The molecule has 0 aliphatic heterocycles. The predicted molar refractivity (Wildman–Crippen MR) is 114 cm³/mol. The lowest BCUT2D eigenvalue weighted by molar-refractivity contribution is -0.147. The average molecular weight is 437 g/mol. The largest absolute Gasteiger partial charge is 0.463 e. The van der Waals surface area contributed by atoms with Crippen LogP contribution < -0.4 is 5.32 Å². The summed E-state index contributed by atoms with van der Waals surface area (Å²) in [6.45, 7) is -0.135. The Kier molecular flexibility index (Phi) is 8.02. The van der Waals surface area contributed by atoms with Crippen molar-refractivity contribution in [1.82, 2.24) is 5.32 Å². The van der Waals surface area contributed by atoms with Crippen LogP contribution in [-0.2, 0) is 38.6 Å². The summed E-state index contributed by atoms with van der Waals surface area (Å²) in [5.41, 5.74) is 1.66. The van der Waals surface area contributed by atoms with E-state index in [-0.39, 0.29) is 31.2 Å². The normalized spacial score (nSPS) is 11.3. The average Bonchev–Trinajstić information content (AvgIpc) is 3.31. The van der Waals surface area contributed by atoms with Crippen LogP contribution in [0.3, 0.4) is 0 Å². The van der Waals surface area contributed by atoms with Crippen molar-refractivity contribution >= 4 is 18.0 Å². The highest BCUT2D eigenvalue weighted by Gasteiger charge is 2.24. The van der Waals surface area contributed by atoms with Gasteiger partial charge in [0, 0.05) is 6.42 Å². The molecule has 1 heterocycles. The molecule has 2 aromatic carbocycles. The minimum atomic E-state index is -0.976. The lowest BCUT2D eigenvalue weighted by atomic mass is 10.1. The smallest absolute Gasteiger partial charge is 0.408 e. The van der Waals surface area contributed by atoms with Gasteiger partial charge in [-0.1, -0.05) is 60.7 Å². The van der Waals surface area contributed by atoms with Gasteiger partial charge in [0.15, 0.2) is 0 Å². The number of furan rings is 1. The van der Waals surface area contributed by atoms with Crippen LogP contribution in [0.15, 0.2) is 77.2 Å². The standard InChI is InChI=1S/C24H23NO7/c1-29-23(27)21-13-12-19(32-21)16-30-22(26)20(14-17-8-4-2-5-9-17)25-24(28)31-15-18-10-6-3-7-11-18/h2-13,20H,14-16H2,1H3,(H,25,28). The number of amides is 1. The summed E-state index contributed by atoms with van der Waals surface area (Å²) in [4.78, 5) is 36.5. The number of hydrogen-bond acceptors (Lipinski definition) is 7. The molecule has 0 bridgehead atoms. The van der Waals surface area contributed by atoms with E-state index in [0.29, 0.717) is 0 Å². The first-order valence-electron chi connectivity index (χ1n) is 9.90. The maximum Gasteiger partial charge on any atom is 0.408 e. The van der Waals surface area contributed by atoms with Crippen LogP contribution in [0.4, 0.5) is 4.79 Å². The monoisotopic (exact) mass is 437 g/mol. The van der Waals surface area contributed by atoms with E-state index < -0.39 is 24.1 Å². The zero-order valence-electron chi connectivity index (χ0n) is 17.5. The van der Waals surface area contributed by atoms with Crippen LogP contribution in [0.5, 0.6) is 0 Å². The number of rotatable bonds is 9. The molecule has 0 saturated carbocycles. The van der Waals surface area contributed by atoms with Gasteiger partial charge in [0.2, 0.25) is 5.76 Å². The molecule has 1 unspecified atom stereocenters. The molecule has 166 valence electrons. The zero-order chi connectivity index (χ0) is 22.8. The summed E-state index contributed by atoms with van der Waals surface area (Å²) in [5, 5.41) is 2.56. The molecule has 0 aliphatic rings. The van der Waals surface area contributed by atoms with E-state index >= 15 is 0 Å². The number of carbonyl (C=O) groups is 3. The van der Waals surface area contributed by atoms with Crippen LogP contribution in [-0.4, -0.2) is 31.2 Å². The van der Waals surface area contributed by atoms with E-state index in [1.807, 2.05) is 60.7 Å². The maximum absolute atomic E-state index is 12.7. The van der Waals surface area contributed by atoms with E-state index in [4.69, 9.17) is 13.9 Å². The Bertz CT molecular complexity index is 1030. The summed E-state index contributed by atoms with van der Waals surface area (Å²) in [6.07, 6.45) is -0.524. The Morgan fingerprint density at radius 1 is 0.844 bits per heavy atom. The number of alkyl carbamates (subject to hydrolysis) is 1. The molecule has 8 heteroatoms. The topological polar surface area (TPSA) is 104 Å². The Labute approximate surface area is 185 Å². The minimum absolute atomic E-state index is 0.00185. The third-order valence-electron chi connectivity index (χ3n) is 4.48.